The first kappa shape index (κ1) is 17.4. The molecule has 0 saturated carbocycles. The molecule has 0 spiro atoms. The Labute approximate surface area is 159 Å². The fourth-order valence-corrected chi connectivity index (χ4v) is 2.82. The average Bonchev–Trinajstić information content (AvgIpc) is 3.32. The molecule has 3 aromatic rings. The van der Waals surface area contributed by atoms with Crippen molar-refractivity contribution in [2.24, 2.45) is 7.05 Å². The molecule has 1 N–H and O–H groups in total. The highest BCUT2D eigenvalue weighted by Gasteiger charge is 2.32. The van der Waals surface area contributed by atoms with Crippen molar-refractivity contribution in [3.63, 3.8) is 0 Å². The van der Waals surface area contributed by atoms with Crippen molar-refractivity contribution < 1.29 is 14.1 Å². The Hall–Kier alpha value is -2.98. The van der Waals surface area contributed by atoms with Gasteiger partial charge in [-0.15, -0.1) is 0 Å². The number of rotatable bonds is 3. The first-order chi connectivity index (χ1) is 13.1. The number of hydrogen-bond donors (Lipinski definition) is 1. The van der Waals surface area contributed by atoms with E-state index in [4.69, 9.17) is 20.9 Å². The first-order valence-corrected chi connectivity index (χ1v) is 8.57. The molecule has 140 valence electrons. The summed E-state index contributed by atoms with van der Waals surface area (Å²) in [4.78, 5) is 22.8. The molecule has 0 bridgehead atoms. The van der Waals surface area contributed by atoms with E-state index < -0.39 is 6.04 Å². The van der Waals surface area contributed by atoms with Crippen LogP contribution in [0.3, 0.4) is 0 Å². The molecule has 1 saturated heterocycles. The molecule has 11 heteroatoms. The summed E-state index contributed by atoms with van der Waals surface area (Å²) in [6.07, 6.45) is 4.87. The molecule has 0 aromatic carbocycles. The number of hydrogen-bond acceptors (Lipinski definition) is 7. The normalized spacial score (nSPS) is 17.1. The monoisotopic (exact) mass is 389 g/mol. The lowest BCUT2D eigenvalue weighted by atomic mass is 10.2. The zero-order valence-electron chi connectivity index (χ0n) is 14.4. The number of aryl methyl sites for hydroxylation is 1. The lowest BCUT2D eigenvalue weighted by Crippen LogP contribution is -2.45. The molecule has 2 amide bonds. The fraction of sp³-hybridized carbons (Fsp3) is 0.312. The largest absolute Gasteiger partial charge is 0.377 e. The van der Waals surface area contributed by atoms with Gasteiger partial charge in [-0.1, -0.05) is 16.8 Å². The maximum atomic E-state index is 12.7. The molecule has 0 radical (unpaired) electrons. The summed E-state index contributed by atoms with van der Waals surface area (Å²) in [5.41, 5.74) is 0.703. The Morgan fingerprint density at radius 1 is 1.37 bits per heavy atom. The summed E-state index contributed by atoms with van der Waals surface area (Å²) in [7, 11) is 1.80. The van der Waals surface area contributed by atoms with Crippen LogP contribution < -0.4 is 5.32 Å². The topological polar surface area (TPSA) is 111 Å². The van der Waals surface area contributed by atoms with E-state index in [0.717, 1.165) is 0 Å². The SMILES string of the molecule is Cn1cc(-c2nc(C3COCCN3C(=O)Nc3ccc(Cl)cn3)no2)cn1. The molecule has 1 fully saturated rings. The lowest BCUT2D eigenvalue weighted by molar-refractivity contribution is 0.0110. The number of halogens is 1. The van der Waals surface area contributed by atoms with Crippen LogP contribution in [0.25, 0.3) is 11.5 Å². The first-order valence-electron chi connectivity index (χ1n) is 8.20. The van der Waals surface area contributed by atoms with Gasteiger partial charge < -0.3 is 14.2 Å². The zero-order chi connectivity index (χ0) is 18.8. The van der Waals surface area contributed by atoms with Crippen LogP contribution in [0.4, 0.5) is 10.6 Å². The maximum absolute atomic E-state index is 12.7. The smallest absolute Gasteiger partial charge is 0.323 e. The quantitative estimate of drug-likeness (QED) is 0.730. The third kappa shape index (κ3) is 3.76. The molecule has 1 unspecified atom stereocenters. The van der Waals surface area contributed by atoms with Gasteiger partial charge in [0.15, 0.2) is 5.82 Å². The average molecular weight is 390 g/mol. The van der Waals surface area contributed by atoms with Crippen LogP contribution in [0, 0.1) is 0 Å². The summed E-state index contributed by atoms with van der Waals surface area (Å²) in [6.45, 7) is 1.08. The molecule has 1 atom stereocenters. The molecule has 27 heavy (non-hydrogen) atoms. The highest BCUT2D eigenvalue weighted by atomic mass is 35.5. The molecule has 10 nitrogen and oxygen atoms in total. The standard InChI is InChI=1S/C16H16ClN7O3/c1-23-8-10(6-19-23)15-21-14(22-27-15)12-9-26-5-4-24(12)16(25)20-13-3-2-11(17)7-18-13/h2-3,6-8,12H,4-5,9H2,1H3,(H,18,20,25). The molecule has 4 rings (SSSR count). The van der Waals surface area contributed by atoms with E-state index in [1.54, 1.807) is 41.2 Å². The van der Waals surface area contributed by atoms with Gasteiger partial charge in [0.2, 0.25) is 0 Å². The van der Waals surface area contributed by atoms with Gasteiger partial charge >= 0.3 is 6.03 Å². The summed E-state index contributed by atoms with van der Waals surface area (Å²) in [6, 6.07) is 2.48. The third-order valence-corrected chi connectivity index (χ3v) is 4.27. The summed E-state index contributed by atoms with van der Waals surface area (Å²) >= 11 is 5.82. The van der Waals surface area contributed by atoms with E-state index in [2.05, 4.69) is 25.5 Å². The molecule has 4 heterocycles. The van der Waals surface area contributed by atoms with Crippen molar-refractivity contribution in [1.82, 2.24) is 29.8 Å². The van der Waals surface area contributed by atoms with E-state index in [1.165, 1.54) is 6.20 Å². The van der Waals surface area contributed by atoms with Gasteiger partial charge in [0.05, 0.1) is 30.0 Å². The third-order valence-electron chi connectivity index (χ3n) is 4.04. The van der Waals surface area contributed by atoms with Gasteiger partial charge in [-0.3, -0.25) is 10.00 Å². The second-order valence-corrected chi connectivity index (χ2v) is 6.37. The van der Waals surface area contributed by atoms with Gasteiger partial charge in [-0.05, 0) is 12.1 Å². The number of nitrogens with one attached hydrogen (secondary N) is 1. The summed E-state index contributed by atoms with van der Waals surface area (Å²) < 4.78 is 12.5. The zero-order valence-corrected chi connectivity index (χ0v) is 15.1. The highest BCUT2D eigenvalue weighted by Crippen LogP contribution is 2.25. The van der Waals surface area contributed by atoms with Gasteiger partial charge in [0.1, 0.15) is 11.9 Å². The molecule has 1 aliphatic rings. The van der Waals surface area contributed by atoms with Crippen LogP contribution in [-0.2, 0) is 11.8 Å². The van der Waals surface area contributed by atoms with Crippen LogP contribution in [0.2, 0.25) is 5.02 Å². The predicted molar refractivity (Wildman–Crippen MR) is 95.0 cm³/mol. The van der Waals surface area contributed by atoms with Crippen LogP contribution in [0.5, 0.6) is 0 Å². The molecule has 3 aromatic heterocycles. The number of urea groups is 1. The summed E-state index contributed by atoms with van der Waals surface area (Å²) in [5.74, 6) is 1.11. The van der Waals surface area contributed by atoms with Gasteiger partial charge in [-0.25, -0.2) is 9.78 Å². The minimum absolute atomic E-state index is 0.271. The van der Waals surface area contributed by atoms with Crippen LogP contribution in [-0.4, -0.2) is 55.6 Å². The fourth-order valence-electron chi connectivity index (χ4n) is 2.71. The van der Waals surface area contributed by atoms with E-state index in [-0.39, 0.29) is 12.6 Å². The van der Waals surface area contributed by atoms with E-state index in [1.807, 2.05) is 0 Å². The van der Waals surface area contributed by atoms with Crippen molar-refractivity contribution in [2.45, 2.75) is 6.04 Å². The lowest BCUT2D eigenvalue weighted by Gasteiger charge is -2.33. The second-order valence-electron chi connectivity index (χ2n) is 5.94. The van der Waals surface area contributed by atoms with Gasteiger partial charge in [0, 0.05) is 26.0 Å². The Bertz CT molecular complexity index is 940. The number of amides is 2. The van der Waals surface area contributed by atoms with Crippen LogP contribution in [0.1, 0.15) is 11.9 Å². The number of ether oxygens (including phenoxy) is 1. The number of carbonyl (C=O) groups excluding carboxylic acids is 1. The summed E-state index contributed by atoms with van der Waals surface area (Å²) in [5, 5.41) is 11.3. The van der Waals surface area contributed by atoms with Gasteiger partial charge in [-0.2, -0.15) is 10.1 Å². The molecular formula is C16H16ClN7O3. The second kappa shape index (κ2) is 7.33. The number of aromatic nitrogens is 5. The maximum Gasteiger partial charge on any atom is 0.323 e. The molecule has 0 aliphatic carbocycles. The Morgan fingerprint density at radius 3 is 3.00 bits per heavy atom. The van der Waals surface area contributed by atoms with Crippen molar-refractivity contribution in [1.29, 1.82) is 0 Å². The Kier molecular flexibility index (Phi) is 4.73. The van der Waals surface area contributed by atoms with Crippen molar-refractivity contribution in [3.05, 3.63) is 41.6 Å². The van der Waals surface area contributed by atoms with Crippen LogP contribution >= 0.6 is 11.6 Å². The molecule has 1 aliphatic heterocycles. The van der Waals surface area contributed by atoms with E-state index >= 15 is 0 Å². The number of carbonyl (C=O) groups is 1. The predicted octanol–water partition coefficient (Wildman–Crippen LogP) is 2.12. The minimum atomic E-state index is -0.472. The van der Waals surface area contributed by atoms with E-state index in [0.29, 0.717) is 41.3 Å². The number of anilines is 1. The van der Waals surface area contributed by atoms with Crippen molar-refractivity contribution in [2.75, 3.05) is 25.1 Å². The molecular weight excluding hydrogens is 374 g/mol. The minimum Gasteiger partial charge on any atom is -0.377 e. The Morgan fingerprint density at radius 2 is 2.26 bits per heavy atom. The van der Waals surface area contributed by atoms with E-state index in [9.17, 15) is 4.79 Å². The number of morpholine rings is 1. The Balaban J connectivity index is 1.53. The van der Waals surface area contributed by atoms with Gasteiger partial charge in [0.25, 0.3) is 5.89 Å². The highest BCUT2D eigenvalue weighted by molar-refractivity contribution is 6.30. The van der Waals surface area contributed by atoms with Crippen LogP contribution in [0.15, 0.2) is 35.2 Å². The number of pyridine rings is 1. The van der Waals surface area contributed by atoms with Crippen molar-refractivity contribution >= 4 is 23.4 Å². The number of nitrogens with zero attached hydrogens (tertiary/aromatic N) is 6. The van der Waals surface area contributed by atoms with Crippen molar-refractivity contribution in [3.8, 4) is 11.5 Å².